The lowest BCUT2D eigenvalue weighted by atomic mass is 10.2. The molecule has 26 heavy (non-hydrogen) atoms. The van der Waals surface area contributed by atoms with E-state index in [0.29, 0.717) is 43.5 Å². The molecule has 1 aromatic heterocycles. The Bertz CT molecular complexity index is 750. The third-order valence-electron chi connectivity index (χ3n) is 3.88. The number of rotatable bonds is 6. The van der Waals surface area contributed by atoms with E-state index in [0.717, 1.165) is 5.69 Å². The number of nitrogens with zero attached hydrogens (tertiary/aromatic N) is 2. The molecule has 1 aliphatic heterocycles. The third-order valence-corrected chi connectivity index (χ3v) is 3.88. The molecule has 0 saturated carbocycles. The van der Waals surface area contributed by atoms with E-state index in [-0.39, 0.29) is 24.8 Å². The highest BCUT2D eigenvalue weighted by Gasteiger charge is 2.17. The van der Waals surface area contributed by atoms with Crippen LogP contribution < -0.4 is 10.1 Å². The second kappa shape index (κ2) is 8.48. The molecule has 1 aliphatic rings. The van der Waals surface area contributed by atoms with E-state index in [2.05, 4.69) is 10.5 Å². The molecule has 1 saturated heterocycles. The van der Waals surface area contributed by atoms with Crippen LogP contribution in [0.25, 0.3) is 0 Å². The van der Waals surface area contributed by atoms with Crippen molar-refractivity contribution < 1.29 is 23.6 Å². The first-order chi connectivity index (χ1) is 12.6. The number of hydrogen-bond acceptors (Lipinski definition) is 6. The van der Waals surface area contributed by atoms with Gasteiger partial charge in [-0.15, -0.1) is 0 Å². The fraction of sp³-hybridized carbons (Fsp3) is 0.389. The summed E-state index contributed by atoms with van der Waals surface area (Å²) in [6.07, 6.45) is 0.118. The van der Waals surface area contributed by atoms with Gasteiger partial charge in [0.25, 0.3) is 5.91 Å². The van der Waals surface area contributed by atoms with Crippen molar-refractivity contribution in [1.82, 2.24) is 10.1 Å². The highest BCUT2D eigenvalue weighted by molar-refractivity contribution is 5.91. The number of benzene rings is 1. The number of aromatic nitrogens is 1. The second-order valence-electron chi connectivity index (χ2n) is 5.97. The average molecular weight is 359 g/mol. The Hall–Kier alpha value is -2.87. The standard InChI is InChI=1S/C18H21N3O5/c1-13-10-16(26-20-13)11-17(22)19-14-2-4-15(5-3-14)25-12-18(23)21-6-8-24-9-7-21/h2-5,10H,6-9,11-12H2,1H3,(H,19,22). The number of amides is 2. The number of hydrogen-bond donors (Lipinski definition) is 1. The van der Waals surface area contributed by atoms with E-state index in [4.69, 9.17) is 14.0 Å². The molecule has 0 spiro atoms. The average Bonchev–Trinajstić information content (AvgIpc) is 3.06. The lowest BCUT2D eigenvalue weighted by Crippen LogP contribution is -2.42. The SMILES string of the molecule is Cc1cc(CC(=O)Nc2ccc(OCC(=O)N3CCOCC3)cc2)on1. The van der Waals surface area contributed by atoms with E-state index in [1.54, 1.807) is 42.2 Å². The molecule has 0 bridgehead atoms. The fourth-order valence-corrected chi connectivity index (χ4v) is 2.55. The molecule has 2 amide bonds. The molecule has 138 valence electrons. The van der Waals surface area contributed by atoms with Gasteiger partial charge in [0.2, 0.25) is 5.91 Å². The Morgan fingerprint density at radius 3 is 2.62 bits per heavy atom. The number of aryl methyl sites for hydroxylation is 1. The van der Waals surface area contributed by atoms with Crippen LogP contribution in [0.15, 0.2) is 34.9 Å². The van der Waals surface area contributed by atoms with Gasteiger partial charge in [0, 0.05) is 24.8 Å². The van der Waals surface area contributed by atoms with E-state index in [1.807, 2.05) is 0 Å². The van der Waals surface area contributed by atoms with Crippen molar-refractivity contribution >= 4 is 17.5 Å². The Kier molecular flexibility index (Phi) is 5.85. The maximum absolute atomic E-state index is 12.0. The molecule has 1 aromatic carbocycles. The smallest absolute Gasteiger partial charge is 0.260 e. The Morgan fingerprint density at radius 1 is 1.23 bits per heavy atom. The van der Waals surface area contributed by atoms with Crippen molar-refractivity contribution in [2.24, 2.45) is 0 Å². The predicted octanol–water partition coefficient (Wildman–Crippen LogP) is 1.40. The summed E-state index contributed by atoms with van der Waals surface area (Å²) in [6.45, 7) is 4.10. The van der Waals surface area contributed by atoms with Crippen molar-refractivity contribution in [1.29, 1.82) is 0 Å². The number of carbonyl (C=O) groups is 2. The summed E-state index contributed by atoms with van der Waals surface area (Å²) in [6, 6.07) is 8.58. The number of ether oxygens (including phenoxy) is 2. The molecule has 8 heteroatoms. The zero-order chi connectivity index (χ0) is 18.4. The number of morpholine rings is 1. The van der Waals surface area contributed by atoms with Crippen molar-refractivity contribution in [3.8, 4) is 5.75 Å². The van der Waals surface area contributed by atoms with Crippen LogP contribution in [0.3, 0.4) is 0 Å². The maximum atomic E-state index is 12.0. The Labute approximate surface area is 151 Å². The van der Waals surface area contributed by atoms with Gasteiger partial charge < -0.3 is 24.2 Å². The first-order valence-corrected chi connectivity index (χ1v) is 8.40. The van der Waals surface area contributed by atoms with Crippen LogP contribution in [0.5, 0.6) is 5.75 Å². The Balaban J connectivity index is 1.45. The molecule has 1 fully saturated rings. The highest BCUT2D eigenvalue weighted by Crippen LogP contribution is 2.16. The molecular weight excluding hydrogens is 338 g/mol. The van der Waals surface area contributed by atoms with E-state index in [1.165, 1.54) is 0 Å². The first kappa shape index (κ1) is 17.9. The van der Waals surface area contributed by atoms with Crippen molar-refractivity contribution in [2.45, 2.75) is 13.3 Å². The van der Waals surface area contributed by atoms with Gasteiger partial charge in [-0.05, 0) is 31.2 Å². The minimum Gasteiger partial charge on any atom is -0.484 e. The molecular formula is C18H21N3O5. The third kappa shape index (κ3) is 5.06. The topological polar surface area (TPSA) is 93.9 Å². The van der Waals surface area contributed by atoms with Crippen LogP contribution in [0.1, 0.15) is 11.5 Å². The summed E-state index contributed by atoms with van der Waals surface area (Å²) in [5, 5.41) is 6.52. The number of nitrogens with one attached hydrogen (secondary N) is 1. The zero-order valence-corrected chi connectivity index (χ0v) is 14.6. The second-order valence-corrected chi connectivity index (χ2v) is 5.97. The van der Waals surface area contributed by atoms with E-state index in [9.17, 15) is 9.59 Å². The lowest BCUT2D eigenvalue weighted by Gasteiger charge is -2.26. The maximum Gasteiger partial charge on any atom is 0.260 e. The fourth-order valence-electron chi connectivity index (χ4n) is 2.55. The quantitative estimate of drug-likeness (QED) is 0.838. The molecule has 0 atom stereocenters. The van der Waals surface area contributed by atoms with Crippen LogP contribution in [0, 0.1) is 6.92 Å². The predicted molar refractivity (Wildman–Crippen MR) is 92.9 cm³/mol. The van der Waals surface area contributed by atoms with Gasteiger partial charge >= 0.3 is 0 Å². The summed E-state index contributed by atoms with van der Waals surface area (Å²) >= 11 is 0. The van der Waals surface area contributed by atoms with Crippen molar-refractivity contribution in [2.75, 3.05) is 38.2 Å². The minimum atomic E-state index is -0.197. The van der Waals surface area contributed by atoms with Gasteiger partial charge in [0.05, 0.1) is 25.3 Å². The van der Waals surface area contributed by atoms with Gasteiger partial charge in [-0.25, -0.2) is 0 Å². The summed E-state index contributed by atoms with van der Waals surface area (Å²) in [5.74, 6) is 0.822. The Morgan fingerprint density at radius 2 is 1.96 bits per heavy atom. The molecule has 0 radical (unpaired) electrons. The normalized spacial score (nSPS) is 14.1. The van der Waals surface area contributed by atoms with Crippen molar-refractivity contribution in [3.05, 3.63) is 41.8 Å². The van der Waals surface area contributed by atoms with Crippen molar-refractivity contribution in [3.63, 3.8) is 0 Å². The molecule has 2 aromatic rings. The van der Waals surface area contributed by atoms with Gasteiger partial charge in [0.15, 0.2) is 6.61 Å². The van der Waals surface area contributed by atoms with Gasteiger partial charge in [0.1, 0.15) is 11.5 Å². The number of anilines is 1. The molecule has 2 heterocycles. The minimum absolute atomic E-state index is 0.0173. The lowest BCUT2D eigenvalue weighted by molar-refractivity contribution is -0.137. The largest absolute Gasteiger partial charge is 0.484 e. The highest BCUT2D eigenvalue weighted by atomic mass is 16.5. The van der Waals surface area contributed by atoms with E-state index >= 15 is 0 Å². The monoisotopic (exact) mass is 359 g/mol. The van der Waals surface area contributed by atoms with Gasteiger partial charge in [-0.3, -0.25) is 9.59 Å². The van der Waals surface area contributed by atoms with Crippen LogP contribution in [0.2, 0.25) is 0 Å². The summed E-state index contributed by atoms with van der Waals surface area (Å²) in [5.41, 5.74) is 1.37. The molecule has 8 nitrogen and oxygen atoms in total. The van der Waals surface area contributed by atoms with E-state index < -0.39 is 0 Å². The molecule has 1 N–H and O–H groups in total. The summed E-state index contributed by atoms with van der Waals surface area (Å²) < 4.78 is 15.8. The van der Waals surface area contributed by atoms with Crippen LogP contribution in [-0.2, 0) is 20.7 Å². The zero-order valence-electron chi connectivity index (χ0n) is 14.6. The van der Waals surface area contributed by atoms with Crippen LogP contribution in [-0.4, -0.2) is 54.8 Å². The summed E-state index contributed by atoms with van der Waals surface area (Å²) in [7, 11) is 0. The molecule has 0 unspecified atom stereocenters. The number of carbonyl (C=O) groups excluding carboxylic acids is 2. The van der Waals surface area contributed by atoms with Gasteiger partial charge in [-0.1, -0.05) is 5.16 Å². The summed E-state index contributed by atoms with van der Waals surface area (Å²) in [4.78, 5) is 25.7. The van der Waals surface area contributed by atoms with Crippen LogP contribution >= 0.6 is 0 Å². The molecule has 3 rings (SSSR count). The first-order valence-electron chi connectivity index (χ1n) is 8.40. The molecule has 0 aliphatic carbocycles. The van der Waals surface area contributed by atoms with Gasteiger partial charge in [-0.2, -0.15) is 0 Å². The van der Waals surface area contributed by atoms with Crippen LogP contribution in [0.4, 0.5) is 5.69 Å².